The van der Waals surface area contributed by atoms with E-state index >= 15 is 0 Å². The number of nitriles is 1. The first-order valence-corrected chi connectivity index (χ1v) is 6.76. The molecule has 0 aromatic heterocycles. The van der Waals surface area contributed by atoms with Crippen molar-refractivity contribution in [2.45, 2.75) is 26.3 Å². The second-order valence-corrected chi connectivity index (χ2v) is 5.93. The second-order valence-electron chi connectivity index (χ2n) is 5.50. The predicted octanol–water partition coefficient (Wildman–Crippen LogP) is 3.24. The molecule has 0 saturated heterocycles. The van der Waals surface area contributed by atoms with Gasteiger partial charge in [-0.25, -0.2) is 0 Å². The number of benzene rings is 1. The van der Waals surface area contributed by atoms with Crippen LogP contribution in [0.4, 0.5) is 0 Å². The quantitative estimate of drug-likeness (QED) is 0.851. The molecule has 0 unspecified atom stereocenters. The summed E-state index contributed by atoms with van der Waals surface area (Å²) in [5.74, 6) is 0.385. The molecule has 1 aliphatic carbocycles. The first kappa shape index (κ1) is 13.9. The molecular weight excluding hydrogens is 260 g/mol. The van der Waals surface area contributed by atoms with Crippen LogP contribution in [0.3, 0.4) is 0 Å². The van der Waals surface area contributed by atoms with Crippen LogP contribution in [0.15, 0.2) is 24.3 Å². The summed E-state index contributed by atoms with van der Waals surface area (Å²) in [6.07, 6.45) is 1.34. The first-order valence-electron chi connectivity index (χ1n) is 6.38. The lowest BCUT2D eigenvalue weighted by atomic mass is 9.63. The molecule has 0 spiro atoms. The van der Waals surface area contributed by atoms with Crippen molar-refractivity contribution in [2.75, 3.05) is 7.05 Å². The van der Waals surface area contributed by atoms with Crippen LogP contribution in [0.5, 0.6) is 0 Å². The highest BCUT2D eigenvalue weighted by Gasteiger charge is 2.50. The third-order valence-electron chi connectivity index (χ3n) is 3.67. The smallest absolute Gasteiger partial charge is 0.243 e. The van der Waals surface area contributed by atoms with E-state index in [0.29, 0.717) is 30.3 Å². The second kappa shape index (κ2) is 5.22. The van der Waals surface area contributed by atoms with Crippen LogP contribution in [0.1, 0.15) is 25.3 Å². The standard InChI is InChI=1S/C15H17ClN2O/c1-11-7-15(8-11,10-17)14(19)18(2)9-12-4-3-5-13(16)6-12/h3-6,11H,7-9H2,1-2H3. The Hall–Kier alpha value is -1.53. The molecule has 1 fully saturated rings. The Morgan fingerprint density at radius 3 is 2.79 bits per heavy atom. The van der Waals surface area contributed by atoms with Crippen molar-refractivity contribution in [1.29, 1.82) is 5.26 Å². The SMILES string of the molecule is CC1CC(C#N)(C(=O)N(C)Cc2cccc(Cl)c2)C1. The van der Waals surface area contributed by atoms with Crippen molar-refractivity contribution >= 4 is 17.5 Å². The summed E-state index contributed by atoms with van der Waals surface area (Å²) in [6.45, 7) is 2.55. The summed E-state index contributed by atoms with van der Waals surface area (Å²) in [5, 5.41) is 9.92. The van der Waals surface area contributed by atoms with Gasteiger partial charge < -0.3 is 4.90 Å². The highest BCUT2D eigenvalue weighted by atomic mass is 35.5. The van der Waals surface area contributed by atoms with E-state index in [-0.39, 0.29) is 5.91 Å². The van der Waals surface area contributed by atoms with Gasteiger partial charge in [0.25, 0.3) is 0 Å². The third-order valence-corrected chi connectivity index (χ3v) is 3.91. The number of rotatable bonds is 3. The Kier molecular flexibility index (Phi) is 3.82. The zero-order chi connectivity index (χ0) is 14.0. The van der Waals surface area contributed by atoms with Crippen molar-refractivity contribution in [3.63, 3.8) is 0 Å². The minimum atomic E-state index is -0.799. The molecule has 19 heavy (non-hydrogen) atoms. The topological polar surface area (TPSA) is 44.1 Å². The lowest BCUT2D eigenvalue weighted by Crippen LogP contribution is -2.48. The number of halogens is 1. The van der Waals surface area contributed by atoms with Gasteiger partial charge in [0.15, 0.2) is 0 Å². The number of nitrogens with zero attached hydrogens (tertiary/aromatic N) is 2. The molecular formula is C15H17ClN2O. The molecule has 0 radical (unpaired) electrons. The molecule has 1 aliphatic rings. The van der Waals surface area contributed by atoms with E-state index in [1.807, 2.05) is 18.2 Å². The van der Waals surface area contributed by atoms with Gasteiger partial charge in [0, 0.05) is 18.6 Å². The maximum atomic E-state index is 12.4. The predicted molar refractivity (Wildman–Crippen MR) is 74.4 cm³/mol. The van der Waals surface area contributed by atoms with Crippen LogP contribution in [0, 0.1) is 22.7 Å². The van der Waals surface area contributed by atoms with Crippen LogP contribution in [0.25, 0.3) is 0 Å². The molecule has 3 nitrogen and oxygen atoms in total. The highest BCUT2D eigenvalue weighted by Crippen LogP contribution is 2.46. The van der Waals surface area contributed by atoms with Gasteiger partial charge in [-0.1, -0.05) is 30.7 Å². The molecule has 1 amide bonds. The number of amides is 1. The summed E-state index contributed by atoms with van der Waals surface area (Å²) in [7, 11) is 1.74. The molecule has 1 aromatic carbocycles. The molecule has 0 N–H and O–H groups in total. The minimum absolute atomic E-state index is 0.0759. The number of carbonyl (C=O) groups excluding carboxylic acids is 1. The van der Waals surface area contributed by atoms with Crippen molar-refractivity contribution < 1.29 is 4.79 Å². The van der Waals surface area contributed by atoms with Crippen molar-refractivity contribution in [3.05, 3.63) is 34.9 Å². The summed E-state index contributed by atoms with van der Waals surface area (Å²) in [4.78, 5) is 14.0. The average molecular weight is 277 g/mol. The largest absolute Gasteiger partial charge is 0.340 e. The summed E-state index contributed by atoms with van der Waals surface area (Å²) in [5.41, 5.74) is 0.177. The van der Waals surface area contributed by atoms with Gasteiger partial charge in [-0.05, 0) is 36.5 Å². The first-order chi connectivity index (χ1) is 8.97. The number of hydrogen-bond acceptors (Lipinski definition) is 2. The van der Waals surface area contributed by atoms with E-state index < -0.39 is 5.41 Å². The van der Waals surface area contributed by atoms with E-state index in [2.05, 4.69) is 13.0 Å². The summed E-state index contributed by atoms with van der Waals surface area (Å²) < 4.78 is 0. The fraction of sp³-hybridized carbons (Fsp3) is 0.467. The van der Waals surface area contributed by atoms with Gasteiger partial charge in [-0.15, -0.1) is 0 Å². The van der Waals surface area contributed by atoms with Crippen LogP contribution in [-0.4, -0.2) is 17.9 Å². The van der Waals surface area contributed by atoms with Gasteiger partial charge in [-0.2, -0.15) is 5.26 Å². The zero-order valence-electron chi connectivity index (χ0n) is 11.2. The molecule has 2 rings (SSSR count). The van der Waals surface area contributed by atoms with E-state index in [1.54, 1.807) is 18.0 Å². The van der Waals surface area contributed by atoms with Crippen molar-refractivity contribution in [1.82, 2.24) is 4.90 Å². The van der Waals surface area contributed by atoms with E-state index in [1.165, 1.54) is 0 Å². The Morgan fingerprint density at radius 1 is 1.58 bits per heavy atom. The minimum Gasteiger partial charge on any atom is -0.340 e. The average Bonchev–Trinajstić information content (AvgIpc) is 2.34. The lowest BCUT2D eigenvalue weighted by Gasteiger charge is -2.41. The Labute approximate surface area is 118 Å². The maximum absolute atomic E-state index is 12.4. The molecule has 1 saturated carbocycles. The Bertz CT molecular complexity index is 529. The molecule has 0 aliphatic heterocycles. The van der Waals surface area contributed by atoms with Gasteiger partial charge in [0.2, 0.25) is 5.91 Å². The lowest BCUT2D eigenvalue weighted by molar-refractivity contribution is -0.144. The molecule has 1 aromatic rings. The van der Waals surface area contributed by atoms with Crippen LogP contribution in [-0.2, 0) is 11.3 Å². The van der Waals surface area contributed by atoms with Gasteiger partial charge in [0.1, 0.15) is 5.41 Å². The summed E-state index contributed by atoms with van der Waals surface area (Å²) >= 11 is 5.93. The normalized spacial score (nSPS) is 25.3. The van der Waals surface area contributed by atoms with E-state index in [4.69, 9.17) is 11.6 Å². The van der Waals surface area contributed by atoms with Crippen LogP contribution >= 0.6 is 11.6 Å². The molecule has 0 bridgehead atoms. The molecule has 0 heterocycles. The molecule has 4 heteroatoms. The molecule has 0 atom stereocenters. The molecule has 100 valence electrons. The Balaban J connectivity index is 2.06. The van der Waals surface area contributed by atoms with Crippen LogP contribution in [0.2, 0.25) is 5.02 Å². The number of hydrogen-bond donors (Lipinski definition) is 0. The third kappa shape index (κ3) is 2.74. The fourth-order valence-corrected chi connectivity index (χ4v) is 3.00. The van der Waals surface area contributed by atoms with Gasteiger partial charge >= 0.3 is 0 Å². The highest BCUT2D eigenvalue weighted by molar-refractivity contribution is 6.30. The van der Waals surface area contributed by atoms with E-state index in [9.17, 15) is 10.1 Å². The van der Waals surface area contributed by atoms with Crippen molar-refractivity contribution in [2.24, 2.45) is 11.3 Å². The fourth-order valence-electron chi connectivity index (χ4n) is 2.79. The summed E-state index contributed by atoms with van der Waals surface area (Å²) in [6, 6.07) is 9.64. The van der Waals surface area contributed by atoms with Gasteiger partial charge in [0.05, 0.1) is 6.07 Å². The number of carbonyl (C=O) groups is 1. The monoisotopic (exact) mass is 276 g/mol. The van der Waals surface area contributed by atoms with Crippen LogP contribution < -0.4 is 0 Å². The maximum Gasteiger partial charge on any atom is 0.243 e. The van der Waals surface area contributed by atoms with Gasteiger partial charge in [-0.3, -0.25) is 4.79 Å². The van der Waals surface area contributed by atoms with Crippen molar-refractivity contribution in [3.8, 4) is 6.07 Å². The zero-order valence-corrected chi connectivity index (χ0v) is 11.9. The van der Waals surface area contributed by atoms with E-state index in [0.717, 1.165) is 5.56 Å². The Morgan fingerprint density at radius 2 is 2.26 bits per heavy atom.